The number of carbonyl (C=O) groups is 1. The molecule has 23 heavy (non-hydrogen) atoms. The van der Waals surface area contributed by atoms with E-state index in [-0.39, 0.29) is 23.6 Å². The maximum Gasteiger partial charge on any atom is 0.315 e. The van der Waals surface area contributed by atoms with Crippen LogP contribution < -0.4 is 20.1 Å². The lowest BCUT2D eigenvalue weighted by atomic mass is 10.1. The fourth-order valence-electron chi connectivity index (χ4n) is 2.59. The van der Waals surface area contributed by atoms with E-state index >= 15 is 0 Å². The third-order valence-electron chi connectivity index (χ3n) is 3.82. The van der Waals surface area contributed by atoms with Gasteiger partial charge in [-0.2, -0.15) is 0 Å². The maximum absolute atomic E-state index is 12.1. The van der Waals surface area contributed by atoms with Crippen molar-refractivity contribution in [2.75, 3.05) is 25.7 Å². The lowest BCUT2D eigenvalue weighted by Gasteiger charge is -2.20. The zero-order valence-electron chi connectivity index (χ0n) is 13.5. The summed E-state index contributed by atoms with van der Waals surface area (Å²) in [5.74, 6) is 1.42. The quantitative estimate of drug-likeness (QED) is 0.840. The zero-order valence-corrected chi connectivity index (χ0v) is 14.3. The van der Waals surface area contributed by atoms with Gasteiger partial charge in [0.25, 0.3) is 0 Å². The number of benzene rings is 1. The number of rotatable bonds is 5. The predicted octanol–water partition coefficient (Wildman–Crippen LogP) is 1.25. The van der Waals surface area contributed by atoms with Crippen molar-refractivity contribution in [1.82, 2.24) is 10.6 Å². The van der Waals surface area contributed by atoms with E-state index < -0.39 is 15.9 Å². The molecule has 1 fully saturated rings. The minimum absolute atomic E-state index is 0.00270. The highest BCUT2D eigenvalue weighted by atomic mass is 32.2. The van der Waals surface area contributed by atoms with Gasteiger partial charge in [-0.15, -0.1) is 0 Å². The highest BCUT2D eigenvalue weighted by molar-refractivity contribution is 7.91. The second-order valence-electron chi connectivity index (χ2n) is 5.55. The van der Waals surface area contributed by atoms with Crippen LogP contribution in [-0.4, -0.2) is 46.2 Å². The number of nitrogens with one attached hydrogen (secondary N) is 2. The molecule has 2 N–H and O–H groups in total. The summed E-state index contributed by atoms with van der Waals surface area (Å²) in [4.78, 5) is 12.1. The molecular weight excluding hydrogens is 320 g/mol. The van der Waals surface area contributed by atoms with E-state index in [2.05, 4.69) is 10.6 Å². The summed E-state index contributed by atoms with van der Waals surface area (Å²) in [6.45, 7) is 1.82. The van der Waals surface area contributed by atoms with Crippen LogP contribution in [0.25, 0.3) is 0 Å². The van der Waals surface area contributed by atoms with Crippen LogP contribution in [0.1, 0.15) is 24.9 Å². The number of hydrogen-bond acceptors (Lipinski definition) is 5. The Kier molecular flexibility index (Phi) is 5.35. The van der Waals surface area contributed by atoms with Crippen molar-refractivity contribution in [3.05, 3.63) is 23.8 Å². The first kappa shape index (κ1) is 17.4. The molecule has 1 aliphatic rings. The fourth-order valence-corrected chi connectivity index (χ4v) is 4.26. The van der Waals surface area contributed by atoms with Gasteiger partial charge < -0.3 is 20.1 Å². The van der Waals surface area contributed by atoms with Gasteiger partial charge in [-0.1, -0.05) is 0 Å². The molecule has 2 amide bonds. The van der Waals surface area contributed by atoms with Crippen LogP contribution in [-0.2, 0) is 9.84 Å². The molecule has 0 radical (unpaired) electrons. The molecule has 0 aliphatic carbocycles. The summed E-state index contributed by atoms with van der Waals surface area (Å²) in [5, 5.41) is 5.50. The average molecular weight is 342 g/mol. The Morgan fingerprint density at radius 2 is 2.04 bits per heavy atom. The standard InChI is InChI=1S/C15H22N2O5S/c1-10(13-8-12(21-2)4-5-14(13)22-3)16-15(18)17-11-6-7-23(19,20)9-11/h4-5,8,10-11H,6-7,9H2,1-3H3,(H2,16,17,18)/t10-,11-/m0/s1. The number of ether oxygens (including phenoxy) is 2. The number of urea groups is 1. The molecule has 0 spiro atoms. The Labute approximate surface area is 136 Å². The molecule has 1 aromatic carbocycles. The van der Waals surface area contributed by atoms with E-state index in [1.807, 2.05) is 6.92 Å². The highest BCUT2D eigenvalue weighted by Crippen LogP contribution is 2.29. The van der Waals surface area contributed by atoms with Crippen LogP contribution in [0.3, 0.4) is 0 Å². The molecule has 2 atom stereocenters. The van der Waals surface area contributed by atoms with Gasteiger partial charge in [-0.25, -0.2) is 13.2 Å². The Hall–Kier alpha value is -1.96. The van der Waals surface area contributed by atoms with Gasteiger partial charge >= 0.3 is 6.03 Å². The fraction of sp³-hybridized carbons (Fsp3) is 0.533. The second kappa shape index (κ2) is 7.08. The number of carbonyl (C=O) groups excluding carboxylic acids is 1. The third-order valence-corrected chi connectivity index (χ3v) is 5.59. The monoisotopic (exact) mass is 342 g/mol. The van der Waals surface area contributed by atoms with Gasteiger partial charge in [-0.05, 0) is 31.5 Å². The van der Waals surface area contributed by atoms with Crippen molar-refractivity contribution < 1.29 is 22.7 Å². The predicted molar refractivity (Wildman–Crippen MR) is 86.7 cm³/mol. The molecule has 1 heterocycles. The van der Waals surface area contributed by atoms with Crippen molar-refractivity contribution in [2.45, 2.75) is 25.4 Å². The Balaban J connectivity index is 2.01. The van der Waals surface area contributed by atoms with Crippen molar-refractivity contribution >= 4 is 15.9 Å². The smallest absolute Gasteiger partial charge is 0.315 e. The van der Waals surface area contributed by atoms with Gasteiger partial charge in [0.1, 0.15) is 11.5 Å². The minimum Gasteiger partial charge on any atom is -0.497 e. The summed E-state index contributed by atoms with van der Waals surface area (Å²) < 4.78 is 33.3. The normalized spacial score (nSPS) is 20.6. The van der Waals surface area contributed by atoms with E-state index in [0.29, 0.717) is 17.9 Å². The number of hydrogen-bond donors (Lipinski definition) is 2. The van der Waals surface area contributed by atoms with E-state index in [9.17, 15) is 13.2 Å². The number of sulfone groups is 1. The van der Waals surface area contributed by atoms with Crippen LogP contribution >= 0.6 is 0 Å². The lowest BCUT2D eigenvalue weighted by Crippen LogP contribution is -2.43. The molecule has 1 aromatic rings. The third kappa shape index (κ3) is 4.51. The van der Waals surface area contributed by atoms with Crippen molar-refractivity contribution in [1.29, 1.82) is 0 Å². The molecule has 2 rings (SSSR count). The molecule has 0 bridgehead atoms. The van der Waals surface area contributed by atoms with Gasteiger partial charge in [0.05, 0.1) is 31.8 Å². The Morgan fingerprint density at radius 3 is 2.61 bits per heavy atom. The Bertz CT molecular complexity index is 674. The maximum atomic E-state index is 12.1. The molecule has 0 unspecified atom stereocenters. The van der Waals surface area contributed by atoms with Gasteiger partial charge in [0.15, 0.2) is 9.84 Å². The first-order chi connectivity index (χ1) is 10.8. The summed E-state index contributed by atoms with van der Waals surface area (Å²) in [6.07, 6.45) is 0.451. The number of methoxy groups -OCH3 is 2. The molecule has 1 saturated heterocycles. The largest absolute Gasteiger partial charge is 0.497 e. The molecule has 0 aromatic heterocycles. The first-order valence-corrected chi connectivity index (χ1v) is 9.16. The minimum atomic E-state index is -3.02. The van der Waals surface area contributed by atoms with Crippen LogP contribution in [0.5, 0.6) is 11.5 Å². The van der Waals surface area contributed by atoms with Crippen LogP contribution in [0.2, 0.25) is 0 Å². The molecular formula is C15H22N2O5S. The van der Waals surface area contributed by atoms with Crippen LogP contribution in [0.4, 0.5) is 4.79 Å². The van der Waals surface area contributed by atoms with E-state index in [1.165, 1.54) is 0 Å². The summed E-state index contributed by atoms with van der Waals surface area (Å²) in [7, 11) is 0.103. The molecule has 1 aliphatic heterocycles. The van der Waals surface area contributed by atoms with Gasteiger partial charge in [-0.3, -0.25) is 0 Å². The summed E-state index contributed by atoms with van der Waals surface area (Å²) >= 11 is 0. The molecule has 8 heteroatoms. The lowest BCUT2D eigenvalue weighted by molar-refractivity contribution is 0.234. The van der Waals surface area contributed by atoms with Crippen LogP contribution in [0.15, 0.2) is 18.2 Å². The van der Waals surface area contributed by atoms with Crippen molar-refractivity contribution in [3.63, 3.8) is 0 Å². The van der Waals surface area contributed by atoms with E-state index in [0.717, 1.165) is 5.56 Å². The average Bonchev–Trinajstić information content (AvgIpc) is 2.84. The second-order valence-corrected chi connectivity index (χ2v) is 7.78. The molecule has 7 nitrogen and oxygen atoms in total. The summed E-state index contributed by atoms with van der Waals surface area (Å²) in [6, 6.07) is 4.29. The van der Waals surface area contributed by atoms with E-state index in [4.69, 9.17) is 9.47 Å². The zero-order chi connectivity index (χ0) is 17.0. The molecule has 0 saturated carbocycles. The number of amides is 2. The van der Waals surface area contributed by atoms with Gasteiger partial charge in [0.2, 0.25) is 0 Å². The topological polar surface area (TPSA) is 93.7 Å². The first-order valence-electron chi connectivity index (χ1n) is 7.34. The SMILES string of the molecule is COc1ccc(OC)c([C@H](C)NC(=O)N[C@H]2CCS(=O)(=O)C2)c1. The van der Waals surface area contributed by atoms with Crippen LogP contribution in [0, 0.1) is 0 Å². The Morgan fingerprint density at radius 1 is 1.30 bits per heavy atom. The van der Waals surface area contributed by atoms with Crippen molar-refractivity contribution in [3.8, 4) is 11.5 Å². The highest BCUT2D eigenvalue weighted by Gasteiger charge is 2.29. The molecule has 128 valence electrons. The van der Waals surface area contributed by atoms with Crippen molar-refractivity contribution in [2.24, 2.45) is 0 Å². The van der Waals surface area contributed by atoms with E-state index in [1.54, 1.807) is 32.4 Å². The summed E-state index contributed by atoms with van der Waals surface area (Å²) in [5.41, 5.74) is 0.779. The van der Waals surface area contributed by atoms with Gasteiger partial charge in [0, 0.05) is 11.6 Å².